The minimum atomic E-state index is -0.397. The van der Waals surface area contributed by atoms with Crippen LogP contribution in [0, 0.1) is 0 Å². The molecule has 8 heteroatoms. The Morgan fingerprint density at radius 2 is 2.08 bits per heavy atom. The molecule has 4 rings (SSSR count). The number of nitrogens with zero attached hydrogens (tertiary/aromatic N) is 2. The molecule has 0 aliphatic heterocycles. The number of carbonyl (C=O) groups is 1. The molecule has 3 heterocycles. The average Bonchev–Trinajstić information content (AvgIpc) is 3.30. The number of para-hydroxylation sites is 1. The van der Waals surface area contributed by atoms with Crippen molar-refractivity contribution in [1.29, 1.82) is 0 Å². The van der Waals surface area contributed by atoms with E-state index in [4.69, 9.17) is 8.94 Å². The Kier molecular flexibility index (Phi) is 3.62. The van der Waals surface area contributed by atoms with Gasteiger partial charge in [0, 0.05) is 17.0 Å². The summed E-state index contributed by atoms with van der Waals surface area (Å²) in [5, 5.41) is 7.13. The lowest BCUT2D eigenvalue weighted by atomic mass is 10.1. The molecule has 25 heavy (non-hydrogen) atoms. The first kappa shape index (κ1) is 14.9. The molecule has 1 amide bonds. The van der Waals surface area contributed by atoms with Gasteiger partial charge in [-0.15, -0.1) is 0 Å². The van der Waals surface area contributed by atoms with Crippen molar-refractivity contribution in [2.24, 2.45) is 0 Å². The number of nitrogens with one attached hydrogen (secondary N) is 2. The van der Waals surface area contributed by atoms with Crippen LogP contribution in [0.25, 0.3) is 22.6 Å². The summed E-state index contributed by atoms with van der Waals surface area (Å²) in [7, 11) is 0. The van der Waals surface area contributed by atoms with Crippen LogP contribution in [0.1, 0.15) is 16.2 Å². The molecule has 0 atom stereocenters. The average molecular weight is 336 g/mol. The lowest BCUT2D eigenvalue weighted by molar-refractivity contribution is 0.0951. The largest absolute Gasteiger partial charge is 0.459 e. The molecule has 2 N–H and O–H groups in total. The van der Waals surface area contributed by atoms with E-state index < -0.39 is 5.91 Å². The van der Waals surface area contributed by atoms with Crippen LogP contribution in [-0.4, -0.2) is 21.0 Å². The minimum Gasteiger partial charge on any atom is -0.459 e. The van der Waals surface area contributed by atoms with Crippen molar-refractivity contribution in [3.63, 3.8) is 0 Å². The summed E-state index contributed by atoms with van der Waals surface area (Å²) in [5.74, 6) is 0.585. The second-order valence-electron chi connectivity index (χ2n) is 5.27. The SMILES string of the molecule is O=C(NCc1noc(-c2ccco2)n1)c1cc(=O)[nH]c2ccccc12. The molecule has 0 saturated heterocycles. The highest BCUT2D eigenvalue weighted by Gasteiger charge is 2.14. The fraction of sp³-hybridized carbons (Fsp3) is 0.0588. The highest BCUT2D eigenvalue weighted by atomic mass is 16.5. The molecule has 0 aliphatic carbocycles. The summed E-state index contributed by atoms with van der Waals surface area (Å²) in [6.45, 7) is 0.0597. The molecule has 0 unspecified atom stereocenters. The van der Waals surface area contributed by atoms with Crippen molar-refractivity contribution in [2.75, 3.05) is 0 Å². The van der Waals surface area contributed by atoms with Crippen molar-refractivity contribution >= 4 is 16.8 Å². The normalized spacial score (nSPS) is 10.9. The molecule has 4 aromatic rings. The van der Waals surface area contributed by atoms with Gasteiger partial charge in [0.25, 0.3) is 11.8 Å². The van der Waals surface area contributed by atoms with Gasteiger partial charge in [-0.25, -0.2) is 0 Å². The Hall–Kier alpha value is -3.68. The summed E-state index contributed by atoms with van der Waals surface area (Å²) in [6, 6.07) is 11.8. The third-order valence-electron chi connectivity index (χ3n) is 3.60. The van der Waals surface area contributed by atoms with E-state index in [2.05, 4.69) is 20.4 Å². The van der Waals surface area contributed by atoms with Crippen LogP contribution in [0.4, 0.5) is 0 Å². The number of aromatic nitrogens is 3. The van der Waals surface area contributed by atoms with E-state index in [-0.39, 0.29) is 23.6 Å². The zero-order valence-electron chi connectivity index (χ0n) is 12.9. The van der Waals surface area contributed by atoms with Gasteiger partial charge in [0.05, 0.1) is 18.4 Å². The molecular weight excluding hydrogens is 324 g/mol. The number of furan rings is 1. The first-order valence-corrected chi connectivity index (χ1v) is 7.47. The number of hydrogen-bond acceptors (Lipinski definition) is 6. The van der Waals surface area contributed by atoms with Crippen LogP contribution in [0.3, 0.4) is 0 Å². The number of fused-ring (bicyclic) bond motifs is 1. The van der Waals surface area contributed by atoms with Crippen molar-refractivity contribution in [3.8, 4) is 11.7 Å². The van der Waals surface area contributed by atoms with Crippen LogP contribution in [-0.2, 0) is 6.54 Å². The van der Waals surface area contributed by atoms with Crippen molar-refractivity contribution < 1.29 is 13.7 Å². The lowest BCUT2D eigenvalue weighted by Crippen LogP contribution is -2.25. The van der Waals surface area contributed by atoms with Gasteiger partial charge in [-0.2, -0.15) is 4.98 Å². The standard InChI is InChI=1S/C17H12N4O4/c22-15-8-11(10-4-1-2-5-12(10)19-15)16(23)18-9-14-20-17(25-21-14)13-6-3-7-24-13/h1-8H,9H2,(H,18,23)(H,19,22). The lowest BCUT2D eigenvalue weighted by Gasteiger charge is -2.06. The molecule has 0 radical (unpaired) electrons. The number of benzene rings is 1. The molecule has 0 fully saturated rings. The fourth-order valence-electron chi connectivity index (χ4n) is 2.47. The Morgan fingerprint density at radius 1 is 1.20 bits per heavy atom. The van der Waals surface area contributed by atoms with Crippen molar-refractivity contribution in [3.05, 3.63) is 70.5 Å². The third kappa shape index (κ3) is 2.92. The molecule has 0 aliphatic rings. The van der Waals surface area contributed by atoms with Gasteiger partial charge in [-0.05, 0) is 18.2 Å². The summed E-state index contributed by atoms with van der Waals surface area (Å²) >= 11 is 0. The molecule has 8 nitrogen and oxygen atoms in total. The van der Waals surface area contributed by atoms with Gasteiger partial charge in [0.1, 0.15) is 0 Å². The molecular formula is C17H12N4O4. The van der Waals surface area contributed by atoms with E-state index in [1.165, 1.54) is 12.3 Å². The maximum absolute atomic E-state index is 12.5. The minimum absolute atomic E-state index is 0.0597. The third-order valence-corrected chi connectivity index (χ3v) is 3.60. The van der Waals surface area contributed by atoms with E-state index in [0.29, 0.717) is 22.5 Å². The zero-order valence-corrected chi connectivity index (χ0v) is 12.9. The van der Waals surface area contributed by atoms with Crippen LogP contribution >= 0.6 is 0 Å². The molecule has 124 valence electrons. The summed E-state index contributed by atoms with van der Waals surface area (Å²) < 4.78 is 10.2. The Balaban J connectivity index is 1.54. The van der Waals surface area contributed by atoms with Crippen LogP contribution in [0.5, 0.6) is 0 Å². The van der Waals surface area contributed by atoms with Crippen LogP contribution < -0.4 is 10.9 Å². The van der Waals surface area contributed by atoms with Crippen molar-refractivity contribution in [1.82, 2.24) is 20.4 Å². The maximum Gasteiger partial charge on any atom is 0.293 e. The maximum atomic E-state index is 12.5. The summed E-state index contributed by atoms with van der Waals surface area (Å²) in [4.78, 5) is 31.0. The number of pyridine rings is 1. The van der Waals surface area contributed by atoms with E-state index in [1.54, 1.807) is 36.4 Å². The summed E-state index contributed by atoms with van der Waals surface area (Å²) in [5.41, 5.74) is 0.539. The number of hydrogen-bond donors (Lipinski definition) is 2. The first-order chi connectivity index (χ1) is 12.2. The van der Waals surface area contributed by atoms with E-state index >= 15 is 0 Å². The topological polar surface area (TPSA) is 114 Å². The Bertz CT molecular complexity index is 1100. The number of H-pyrrole nitrogens is 1. The fourth-order valence-corrected chi connectivity index (χ4v) is 2.47. The highest BCUT2D eigenvalue weighted by Crippen LogP contribution is 2.17. The highest BCUT2D eigenvalue weighted by molar-refractivity contribution is 6.05. The molecule has 0 saturated carbocycles. The van der Waals surface area contributed by atoms with Gasteiger partial charge in [0.2, 0.25) is 5.56 Å². The zero-order chi connectivity index (χ0) is 17.2. The number of rotatable bonds is 4. The smallest absolute Gasteiger partial charge is 0.293 e. The van der Waals surface area contributed by atoms with Crippen LogP contribution in [0.2, 0.25) is 0 Å². The van der Waals surface area contributed by atoms with Gasteiger partial charge < -0.3 is 19.2 Å². The Labute approximate surface area is 140 Å². The number of aromatic amines is 1. The number of amides is 1. The molecule has 1 aromatic carbocycles. The molecule has 0 spiro atoms. The number of carbonyl (C=O) groups excluding carboxylic acids is 1. The van der Waals surface area contributed by atoms with E-state index in [9.17, 15) is 9.59 Å². The first-order valence-electron chi connectivity index (χ1n) is 7.47. The van der Waals surface area contributed by atoms with Crippen molar-refractivity contribution in [2.45, 2.75) is 6.54 Å². The molecule has 0 bridgehead atoms. The van der Waals surface area contributed by atoms with E-state index in [1.807, 2.05) is 0 Å². The van der Waals surface area contributed by atoms with Gasteiger partial charge >= 0.3 is 0 Å². The monoisotopic (exact) mass is 336 g/mol. The predicted molar refractivity (Wildman–Crippen MR) is 87.7 cm³/mol. The van der Waals surface area contributed by atoms with Gasteiger partial charge in [-0.3, -0.25) is 9.59 Å². The van der Waals surface area contributed by atoms with Gasteiger partial charge in [0.15, 0.2) is 11.6 Å². The second kappa shape index (κ2) is 6.08. The van der Waals surface area contributed by atoms with E-state index in [0.717, 1.165) is 0 Å². The predicted octanol–water partition coefficient (Wildman–Crippen LogP) is 2.10. The van der Waals surface area contributed by atoms with Crippen LogP contribution in [0.15, 0.2) is 62.5 Å². The summed E-state index contributed by atoms with van der Waals surface area (Å²) in [6.07, 6.45) is 1.50. The molecule has 3 aromatic heterocycles. The second-order valence-corrected chi connectivity index (χ2v) is 5.27. The quantitative estimate of drug-likeness (QED) is 0.590. The Morgan fingerprint density at radius 3 is 2.92 bits per heavy atom. The van der Waals surface area contributed by atoms with Gasteiger partial charge in [-0.1, -0.05) is 23.4 Å².